The maximum absolute atomic E-state index is 6.50. The van der Waals surface area contributed by atoms with E-state index in [9.17, 15) is 0 Å². The summed E-state index contributed by atoms with van der Waals surface area (Å²) >= 11 is 0. The average Bonchev–Trinajstić information content (AvgIpc) is 3.20. The van der Waals surface area contributed by atoms with Gasteiger partial charge in [-0.25, -0.2) is 9.55 Å². The molecule has 0 radical (unpaired) electrons. The first kappa shape index (κ1) is 22.0. The smallest absolute Gasteiger partial charge is 0.227 e. The van der Waals surface area contributed by atoms with Gasteiger partial charge in [0.1, 0.15) is 7.05 Å². The number of fused-ring (bicyclic) bond motifs is 4. The van der Waals surface area contributed by atoms with Gasteiger partial charge in [0.15, 0.2) is 11.8 Å². The number of pyridine rings is 2. The van der Waals surface area contributed by atoms with Crippen LogP contribution in [0, 0.1) is 6.92 Å². The molecule has 5 aromatic rings. The number of rotatable bonds is 2. The minimum absolute atomic E-state index is 0.169. The molecule has 0 fully saturated rings. The Labute approximate surface area is 207 Å². The number of hydrogen-bond acceptors (Lipinski definition) is 2. The van der Waals surface area contributed by atoms with Gasteiger partial charge in [-0.2, -0.15) is 0 Å². The van der Waals surface area contributed by atoms with Gasteiger partial charge in [0.05, 0.1) is 11.3 Å². The molecule has 176 valence electrons. The minimum atomic E-state index is 0.169. The molecule has 0 amide bonds. The van der Waals surface area contributed by atoms with Gasteiger partial charge in [-0.15, -0.1) is 0 Å². The fourth-order valence-corrected chi connectivity index (χ4v) is 5.83. The fraction of sp³-hybridized carbons (Fsp3) is 0.312. The van der Waals surface area contributed by atoms with Crippen molar-refractivity contribution in [1.82, 2.24) is 4.98 Å². The number of nitrogens with zero attached hydrogens (tertiary/aromatic N) is 2. The van der Waals surface area contributed by atoms with Crippen LogP contribution in [-0.4, -0.2) is 4.98 Å². The molecule has 0 atom stereocenters. The van der Waals surface area contributed by atoms with Crippen LogP contribution in [0.25, 0.3) is 44.6 Å². The van der Waals surface area contributed by atoms with E-state index in [4.69, 9.17) is 9.40 Å². The molecule has 1 aliphatic carbocycles. The van der Waals surface area contributed by atoms with Crippen molar-refractivity contribution < 1.29 is 8.98 Å². The molecule has 3 heterocycles. The summed E-state index contributed by atoms with van der Waals surface area (Å²) in [7, 11) is 2.07. The summed E-state index contributed by atoms with van der Waals surface area (Å²) in [5.74, 6) is 0. The van der Waals surface area contributed by atoms with Crippen LogP contribution in [0.15, 0.2) is 71.3 Å². The normalized spacial score (nSPS) is 16.5. The first-order chi connectivity index (χ1) is 16.7. The number of aryl methyl sites for hydroxylation is 2. The lowest BCUT2D eigenvalue weighted by molar-refractivity contribution is -0.660. The Kier molecular flexibility index (Phi) is 4.73. The molecule has 0 bridgehead atoms. The molecule has 0 saturated heterocycles. The van der Waals surface area contributed by atoms with Crippen molar-refractivity contribution in [3.8, 4) is 22.5 Å². The summed E-state index contributed by atoms with van der Waals surface area (Å²) < 4.78 is 8.64. The van der Waals surface area contributed by atoms with Gasteiger partial charge in [0, 0.05) is 28.5 Å². The Morgan fingerprint density at radius 2 is 1.57 bits per heavy atom. The number of hydrogen-bond donors (Lipinski definition) is 0. The van der Waals surface area contributed by atoms with Gasteiger partial charge in [-0.3, -0.25) is 0 Å². The SMILES string of the molecule is Cc1ccc2c(oc3nc(-c4ccc5c(c4)C(C)(C)CCC5(C)C)ccc32)c1-c1cccc[n+]1C. The van der Waals surface area contributed by atoms with E-state index in [1.54, 1.807) is 0 Å². The van der Waals surface area contributed by atoms with Crippen molar-refractivity contribution in [1.29, 1.82) is 0 Å². The fourth-order valence-electron chi connectivity index (χ4n) is 5.83. The first-order valence-electron chi connectivity index (χ1n) is 12.6. The highest BCUT2D eigenvalue weighted by Gasteiger charge is 2.37. The van der Waals surface area contributed by atoms with Crippen LogP contribution in [0.4, 0.5) is 0 Å². The standard InChI is InChI=1S/C32H33N2O/c1-20-10-12-22-23-13-15-26(21-11-14-24-25(19-21)32(4,5)17-16-31(24,2)3)33-30(23)35-29(22)28(20)27-9-7-8-18-34(27)6/h7-15,18-19H,16-17H2,1-6H3/q+1. The van der Waals surface area contributed by atoms with Crippen LogP contribution < -0.4 is 4.57 Å². The Bertz CT molecular complexity index is 1620. The summed E-state index contributed by atoms with van der Waals surface area (Å²) in [4.78, 5) is 5.03. The lowest BCUT2D eigenvalue weighted by Gasteiger charge is -2.42. The van der Waals surface area contributed by atoms with Crippen molar-refractivity contribution in [2.45, 2.75) is 58.3 Å². The molecular formula is C32H33N2O+. The predicted molar refractivity (Wildman–Crippen MR) is 144 cm³/mol. The second-order valence-corrected chi connectivity index (χ2v) is 11.5. The minimum Gasteiger partial charge on any atom is -0.437 e. The third-order valence-electron chi connectivity index (χ3n) is 8.17. The van der Waals surface area contributed by atoms with E-state index in [0.29, 0.717) is 5.71 Å². The number of benzene rings is 2. The molecule has 3 nitrogen and oxygen atoms in total. The molecule has 0 spiro atoms. The molecular weight excluding hydrogens is 428 g/mol. The van der Waals surface area contributed by atoms with Crippen molar-refractivity contribution in [2.75, 3.05) is 0 Å². The summed E-state index contributed by atoms with van der Waals surface area (Å²) in [5.41, 5.74) is 10.5. The van der Waals surface area contributed by atoms with E-state index in [2.05, 4.69) is 107 Å². The molecule has 0 aliphatic heterocycles. The van der Waals surface area contributed by atoms with Crippen molar-refractivity contribution in [3.63, 3.8) is 0 Å². The van der Waals surface area contributed by atoms with Crippen LogP contribution in [-0.2, 0) is 17.9 Å². The molecule has 1 aliphatic rings. The maximum atomic E-state index is 6.50. The average molecular weight is 462 g/mol. The largest absolute Gasteiger partial charge is 0.437 e. The highest BCUT2D eigenvalue weighted by molar-refractivity contribution is 6.09. The van der Waals surface area contributed by atoms with Crippen LogP contribution in [0.2, 0.25) is 0 Å². The quantitative estimate of drug-likeness (QED) is 0.251. The highest BCUT2D eigenvalue weighted by Crippen LogP contribution is 2.47. The molecule has 2 aromatic carbocycles. The van der Waals surface area contributed by atoms with Crippen LogP contribution in [0.3, 0.4) is 0 Å². The lowest BCUT2D eigenvalue weighted by atomic mass is 9.63. The Morgan fingerprint density at radius 1 is 0.829 bits per heavy atom. The topological polar surface area (TPSA) is 29.9 Å². The first-order valence-corrected chi connectivity index (χ1v) is 12.6. The van der Waals surface area contributed by atoms with Gasteiger partial charge in [0.25, 0.3) is 0 Å². The molecule has 0 N–H and O–H groups in total. The van der Waals surface area contributed by atoms with E-state index >= 15 is 0 Å². The molecule has 3 heteroatoms. The number of furan rings is 1. The third kappa shape index (κ3) is 3.40. The second-order valence-electron chi connectivity index (χ2n) is 11.5. The van der Waals surface area contributed by atoms with E-state index in [0.717, 1.165) is 38.9 Å². The van der Waals surface area contributed by atoms with Gasteiger partial charge < -0.3 is 4.42 Å². The van der Waals surface area contributed by atoms with Crippen LogP contribution in [0.5, 0.6) is 0 Å². The summed E-state index contributed by atoms with van der Waals surface area (Å²) in [5, 5.41) is 2.17. The zero-order valence-corrected chi connectivity index (χ0v) is 21.6. The monoisotopic (exact) mass is 461 g/mol. The Morgan fingerprint density at radius 3 is 2.34 bits per heavy atom. The molecule has 0 unspecified atom stereocenters. The summed E-state index contributed by atoms with van der Waals surface area (Å²) in [6, 6.07) is 21.8. The maximum Gasteiger partial charge on any atom is 0.227 e. The lowest BCUT2D eigenvalue weighted by Crippen LogP contribution is -2.33. The van der Waals surface area contributed by atoms with Crippen molar-refractivity contribution in [3.05, 3.63) is 83.6 Å². The third-order valence-corrected chi connectivity index (χ3v) is 8.17. The van der Waals surface area contributed by atoms with Crippen molar-refractivity contribution >= 4 is 22.1 Å². The summed E-state index contributed by atoms with van der Waals surface area (Å²) in [6.45, 7) is 11.6. The van der Waals surface area contributed by atoms with Gasteiger partial charge in [-0.05, 0) is 71.6 Å². The van der Waals surface area contributed by atoms with E-state index in [-0.39, 0.29) is 10.8 Å². The van der Waals surface area contributed by atoms with E-state index in [1.807, 2.05) is 6.07 Å². The molecule has 0 saturated carbocycles. The second kappa shape index (κ2) is 7.52. The zero-order chi connectivity index (χ0) is 24.5. The molecule has 35 heavy (non-hydrogen) atoms. The van der Waals surface area contributed by atoms with Crippen LogP contribution in [0.1, 0.15) is 57.2 Å². The highest BCUT2D eigenvalue weighted by atomic mass is 16.3. The number of aromatic nitrogens is 2. The van der Waals surface area contributed by atoms with Gasteiger partial charge in [-0.1, -0.05) is 52.0 Å². The van der Waals surface area contributed by atoms with Crippen molar-refractivity contribution in [2.24, 2.45) is 7.05 Å². The van der Waals surface area contributed by atoms with Crippen LogP contribution >= 0.6 is 0 Å². The zero-order valence-electron chi connectivity index (χ0n) is 21.6. The summed E-state index contributed by atoms with van der Waals surface area (Å²) in [6.07, 6.45) is 4.49. The molecule has 6 rings (SSSR count). The van der Waals surface area contributed by atoms with E-state index in [1.165, 1.54) is 29.5 Å². The Hall–Kier alpha value is -3.46. The van der Waals surface area contributed by atoms with Gasteiger partial charge >= 0.3 is 0 Å². The van der Waals surface area contributed by atoms with E-state index < -0.39 is 0 Å². The Balaban J connectivity index is 1.53. The predicted octanol–water partition coefficient (Wildman–Crippen LogP) is 7.80. The van der Waals surface area contributed by atoms with Gasteiger partial charge in [0.2, 0.25) is 11.4 Å². The molecule has 3 aromatic heterocycles.